The molecule has 1 aromatic carbocycles. The molecule has 0 saturated carbocycles. The van der Waals surface area contributed by atoms with Crippen LogP contribution >= 0.6 is 15.9 Å². The van der Waals surface area contributed by atoms with E-state index in [1.807, 2.05) is 31.2 Å². The summed E-state index contributed by atoms with van der Waals surface area (Å²) < 4.78 is 6.16. The maximum Gasteiger partial charge on any atom is 0.319 e. The summed E-state index contributed by atoms with van der Waals surface area (Å²) in [7, 11) is 0. The molecule has 2 amide bonds. The van der Waals surface area contributed by atoms with Gasteiger partial charge in [0.2, 0.25) is 0 Å². The first-order valence-electron chi connectivity index (χ1n) is 5.60. The van der Waals surface area contributed by atoms with Gasteiger partial charge in [-0.25, -0.2) is 4.79 Å². The predicted molar refractivity (Wildman–Crippen MR) is 72.3 cm³/mol. The van der Waals surface area contributed by atoms with E-state index >= 15 is 0 Å². The summed E-state index contributed by atoms with van der Waals surface area (Å²) in [6.45, 7) is 3.95. The van der Waals surface area contributed by atoms with E-state index in [2.05, 4.69) is 26.6 Å². The highest BCUT2D eigenvalue weighted by Crippen LogP contribution is 2.13. The third-order valence-electron chi connectivity index (χ3n) is 2.06. The third-order valence-corrected chi connectivity index (χ3v) is 2.59. The van der Waals surface area contributed by atoms with Crippen LogP contribution in [0.2, 0.25) is 0 Å². The smallest absolute Gasteiger partial charge is 0.319 e. The molecule has 94 valence electrons. The lowest BCUT2D eigenvalue weighted by molar-refractivity contribution is 0.145. The Hall–Kier alpha value is -1.07. The molecule has 2 N–H and O–H groups in total. The number of halogens is 1. The van der Waals surface area contributed by atoms with Gasteiger partial charge in [0.1, 0.15) is 0 Å². The lowest BCUT2D eigenvalue weighted by Crippen LogP contribution is -2.30. The maximum atomic E-state index is 11.5. The number of urea groups is 1. The summed E-state index contributed by atoms with van der Waals surface area (Å²) >= 11 is 3.34. The van der Waals surface area contributed by atoms with Gasteiger partial charge in [-0.2, -0.15) is 0 Å². The molecule has 0 spiro atoms. The summed E-state index contributed by atoms with van der Waals surface area (Å²) in [5.41, 5.74) is 0.774. The van der Waals surface area contributed by atoms with E-state index in [1.165, 1.54) is 0 Å². The molecule has 0 bridgehead atoms. The number of nitrogens with one attached hydrogen (secondary N) is 2. The Bertz CT molecular complexity index is 341. The fourth-order valence-electron chi connectivity index (χ4n) is 1.23. The van der Waals surface area contributed by atoms with Crippen molar-refractivity contribution in [3.05, 3.63) is 28.7 Å². The molecule has 0 radical (unpaired) electrons. The molecule has 1 rings (SSSR count). The van der Waals surface area contributed by atoms with Gasteiger partial charge >= 0.3 is 6.03 Å². The zero-order valence-corrected chi connectivity index (χ0v) is 11.4. The van der Waals surface area contributed by atoms with Crippen molar-refractivity contribution in [2.24, 2.45) is 0 Å². The lowest BCUT2D eigenvalue weighted by atomic mass is 10.3. The Kier molecular flexibility index (Phi) is 6.65. The van der Waals surface area contributed by atoms with Crippen LogP contribution in [0.5, 0.6) is 0 Å². The summed E-state index contributed by atoms with van der Waals surface area (Å²) in [6, 6.07) is 7.24. The molecule has 0 atom stereocenters. The van der Waals surface area contributed by atoms with Crippen molar-refractivity contribution in [2.75, 3.05) is 25.1 Å². The van der Waals surface area contributed by atoms with Crippen molar-refractivity contribution in [1.29, 1.82) is 0 Å². The number of benzene rings is 1. The van der Waals surface area contributed by atoms with Crippen LogP contribution in [0, 0.1) is 0 Å². The van der Waals surface area contributed by atoms with Crippen LogP contribution in [0.1, 0.15) is 13.3 Å². The first kappa shape index (κ1) is 14.0. The standard InChI is InChI=1S/C12H17BrN2O2/c1-2-17-9-3-8-14-12(16)15-11-6-4-10(13)5-7-11/h4-7H,2-3,8-9H2,1H3,(H2,14,15,16). The summed E-state index contributed by atoms with van der Waals surface area (Å²) in [5.74, 6) is 0. The Morgan fingerprint density at radius 1 is 1.35 bits per heavy atom. The highest BCUT2D eigenvalue weighted by atomic mass is 79.9. The van der Waals surface area contributed by atoms with Gasteiger partial charge in [-0.1, -0.05) is 15.9 Å². The van der Waals surface area contributed by atoms with Crippen LogP contribution in [-0.4, -0.2) is 25.8 Å². The van der Waals surface area contributed by atoms with E-state index in [4.69, 9.17) is 4.74 Å². The minimum absolute atomic E-state index is 0.191. The largest absolute Gasteiger partial charge is 0.382 e. The molecule has 0 fully saturated rings. The average molecular weight is 301 g/mol. The number of rotatable bonds is 6. The van der Waals surface area contributed by atoms with E-state index in [0.717, 1.165) is 16.6 Å². The monoisotopic (exact) mass is 300 g/mol. The van der Waals surface area contributed by atoms with Crippen molar-refractivity contribution in [3.8, 4) is 0 Å². The first-order chi connectivity index (χ1) is 8.22. The fourth-order valence-corrected chi connectivity index (χ4v) is 1.49. The van der Waals surface area contributed by atoms with Crippen molar-refractivity contribution in [1.82, 2.24) is 5.32 Å². The minimum atomic E-state index is -0.191. The van der Waals surface area contributed by atoms with Gasteiger partial charge in [0.05, 0.1) is 0 Å². The molecule has 4 nitrogen and oxygen atoms in total. The van der Waals surface area contributed by atoms with E-state index in [1.54, 1.807) is 0 Å². The number of hydrogen-bond acceptors (Lipinski definition) is 2. The average Bonchev–Trinajstić information content (AvgIpc) is 2.32. The summed E-state index contributed by atoms with van der Waals surface area (Å²) in [5, 5.41) is 5.51. The van der Waals surface area contributed by atoms with Crippen LogP contribution in [0.25, 0.3) is 0 Å². The second-order valence-electron chi connectivity index (χ2n) is 3.44. The summed E-state index contributed by atoms with van der Waals surface area (Å²) in [6.07, 6.45) is 0.821. The molecule has 0 aliphatic rings. The van der Waals surface area contributed by atoms with Crippen molar-refractivity contribution in [2.45, 2.75) is 13.3 Å². The predicted octanol–water partition coefficient (Wildman–Crippen LogP) is 3.00. The Balaban J connectivity index is 2.18. The molecular formula is C12H17BrN2O2. The molecule has 0 saturated heterocycles. The van der Waals surface area contributed by atoms with Gasteiger partial charge < -0.3 is 15.4 Å². The number of ether oxygens (including phenoxy) is 1. The third kappa shape index (κ3) is 6.28. The van der Waals surface area contributed by atoms with Crippen LogP contribution < -0.4 is 10.6 Å². The molecule has 0 aromatic heterocycles. The number of anilines is 1. The fraction of sp³-hybridized carbons (Fsp3) is 0.417. The zero-order chi connectivity index (χ0) is 12.5. The molecule has 0 aliphatic carbocycles. The molecule has 5 heteroatoms. The molecule has 17 heavy (non-hydrogen) atoms. The van der Waals surface area contributed by atoms with Crippen LogP contribution in [-0.2, 0) is 4.74 Å². The maximum absolute atomic E-state index is 11.5. The van der Waals surface area contributed by atoms with Crippen molar-refractivity contribution in [3.63, 3.8) is 0 Å². The van der Waals surface area contributed by atoms with Gasteiger partial charge in [-0.05, 0) is 37.6 Å². The highest BCUT2D eigenvalue weighted by molar-refractivity contribution is 9.10. The normalized spacial score (nSPS) is 10.0. The number of carbonyl (C=O) groups is 1. The SMILES string of the molecule is CCOCCCNC(=O)Nc1ccc(Br)cc1. The van der Waals surface area contributed by atoms with E-state index in [0.29, 0.717) is 19.8 Å². The molecule has 1 aromatic rings. The van der Waals surface area contributed by atoms with Crippen molar-refractivity contribution >= 4 is 27.6 Å². The molecular weight excluding hydrogens is 284 g/mol. The molecule has 0 aliphatic heterocycles. The lowest BCUT2D eigenvalue weighted by Gasteiger charge is -2.07. The second-order valence-corrected chi connectivity index (χ2v) is 4.35. The van der Waals surface area contributed by atoms with E-state index < -0.39 is 0 Å². The minimum Gasteiger partial charge on any atom is -0.382 e. The van der Waals surface area contributed by atoms with E-state index in [9.17, 15) is 4.79 Å². The van der Waals surface area contributed by atoms with Crippen LogP contribution in [0.3, 0.4) is 0 Å². The van der Waals surface area contributed by atoms with E-state index in [-0.39, 0.29) is 6.03 Å². The van der Waals surface area contributed by atoms with Gasteiger partial charge in [0, 0.05) is 29.9 Å². The van der Waals surface area contributed by atoms with Crippen LogP contribution in [0.4, 0.5) is 10.5 Å². The highest BCUT2D eigenvalue weighted by Gasteiger charge is 2.00. The Labute approximate surface area is 110 Å². The first-order valence-corrected chi connectivity index (χ1v) is 6.40. The van der Waals surface area contributed by atoms with Gasteiger partial charge in [0.15, 0.2) is 0 Å². The molecule has 0 heterocycles. The topological polar surface area (TPSA) is 50.4 Å². The molecule has 0 unspecified atom stereocenters. The number of carbonyl (C=O) groups excluding carboxylic acids is 1. The Morgan fingerprint density at radius 2 is 2.06 bits per heavy atom. The van der Waals surface area contributed by atoms with Gasteiger partial charge in [-0.15, -0.1) is 0 Å². The van der Waals surface area contributed by atoms with Crippen LogP contribution in [0.15, 0.2) is 28.7 Å². The number of hydrogen-bond donors (Lipinski definition) is 2. The van der Waals surface area contributed by atoms with Gasteiger partial charge in [0.25, 0.3) is 0 Å². The number of amides is 2. The second kappa shape index (κ2) is 8.08. The van der Waals surface area contributed by atoms with Crippen molar-refractivity contribution < 1.29 is 9.53 Å². The quantitative estimate of drug-likeness (QED) is 0.794. The van der Waals surface area contributed by atoms with Gasteiger partial charge in [-0.3, -0.25) is 0 Å². The summed E-state index contributed by atoms with van der Waals surface area (Å²) in [4.78, 5) is 11.5. The Morgan fingerprint density at radius 3 is 2.71 bits per heavy atom. The zero-order valence-electron chi connectivity index (χ0n) is 9.83.